The molecule has 146 valence electrons. The van der Waals surface area contributed by atoms with Gasteiger partial charge in [-0.15, -0.1) is 5.10 Å². The van der Waals surface area contributed by atoms with Gasteiger partial charge in [0.1, 0.15) is 11.5 Å². The maximum absolute atomic E-state index is 11.1. The second-order valence-electron chi connectivity index (χ2n) is 6.58. The number of non-ortho nitro benzene ring substituents is 1. The van der Waals surface area contributed by atoms with Crippen molar-refractivity contribution in [1.82, 2.24) is 14.6 Å². The van der Waals surface area contributed by atoms with Gasteiger partial charge in [-0.1, -0.05) is 42.5 Å². The van der Waals surface area contributed by atoms with Crippen LogP contribution in [0, 0.1) is 10.1 Å². The molecule has 0 bridgehead atoms. The van der Waals surface area contributed by atoms with Crippen LogP contribution < -0.4 is 9.64 Å². The zero-order valence-electron chi connectivity index (χ0n) is 16.0. The third kappa shape index (κ3) is 3.60. The molecule has 29 heavy (non-hydrogen) atoms. The molecule has 4 aromatic rings. The third-order valence-electron chi connectivity index (χ3n) is 4.60. The second kappa shape index (κ2) is 7.59. The van der Waals surface area contributed by atoms with E-state index in [0.29, 0.717) is 29.3 Å². The normalized spacial score (nSPS) is 10.8. The van der Waals surface area contributed by atoms with Crippen molar-refractivity contribution in [2.24, 2.45) is 0 Å². The number of nitro groups is 1. The van der Waals surface area contributed by atoms with Crippen molar-refractivity contribution in [3.63, 3.8) is 0 Å². The molecule has 8 heteroatoms. The third-order valence-corrected chi connectivity index (χ3v) is 4.60. The predicted molar refractivity (Wildman–Crippen MR) is 110 cm³/mol. The van der Waals surface area contributed by atoms with E-state index in [4.69, 9.17) is 4.74 Å². The van der Waals surface area contributed by atoms with Crippen LogP contribution in [-0.2, 0) is 6.54 Å². The molecule has 0 amide bonds. The second-order valence-corrected chi connectivity index (χ2v) is 6.58. The number of rotatable bonds is 6. The standard InChI is InChI=1S/C21H19N5O3/c1-24(14-15-7-4-3-5-8-15)19-12-11-18-22-20(21(29-2)25(18)23-19)16-9-6-10-17(13-16)26(27)28/h3-13H,14H2,1-2H3. The number of methoxy groups -OCH3 is 1. The molecule has 0 N–H and O–H groups in total. The molecule has 0 aliphatic heterocycles. The molecule has 0 aliphatic carbocycles. The van der Waals surface area contributed by atoms with Crippen LogP contribution in [0.25, 0.3) is 16.9 Å². The summed E-state index contributed by atoms with van der Waals surface area (Å²) in [4.78, 5) is 17.3. The van der Waals surface area contributed by atoms with Crippen molar-refractivity contribution in [3.8, 4) is 17.1 Å². The SMILES string of the molecule is COc1c(-c2cccc([N+](=O)[O-])c2)nc2ccc(N(C)Cc3ccccc3)nn12. The number of nitro benzene ring substituents is 1. The van der Waals surface area contributed by atoms with Crippen molar-refractivity contribution in [1.29, 1.82) is 0 Å². The Kier molecular flexibility index (Phi) is 4.82. The molecular formula is C21H19N5O3. The van der Waals surface area contributed by atoms with Gasteiger partial charge in [-0.3, -0.25) is 10.1 Å². The first kappa shape index (κ1) is 18.4. The zero-order valence-corrected chi connectivity index (χ0v) is 16.0. The summed E-state index contributed by atoms with van der Waals surface area (Å²) in [5.74, 6) is 1.18. The Morgan fingerprint density at radius 2 is 1.90 bits per heavy atom. The largest absolute Gasteiger partial charge is 0.479 e. The van der Waals surface area contributed by atoms with Crippen LogP contribution in [0.15, 0.2) is 66.7 Å². The fourth-order valence-electron chi connectivity index (χ4n) is 3.18. The molecule has 4 rings (SSSR count). The summed E-state index contributed by atoms with van der Waals surface area (Å²) in [7, 11) is 3.50. The summed E-state index contributed by atoms with van der Waals surface area (Å²) < 4.78 is 7.17. The van der Waals surface area contributed by atoms with E-state index >= 15 is 0 Å². The Hall–Kier alpha value is -3.94. The van der Waals surface area contributed by atoms with E-state index in [1.54, 1.807) is 16.6 Å². The summed E-state index contributed by atoms with van der Waals surface area (Å²) in [6.07, 6.45) is 0. The highest BCUT2D eigenvalue weighted by atomic mass is 16.6. The van der Waals surface area contributed by atoms with Gasteiger partial charge in [0.2, 0.25) is 5.88 Å². The van der Waals surface area contributed by atoms with Gasteiger partial charge >= 0.3 is 0 Å². The van der Waals surface area contributed by atoms with Crippen LogP contribution in [0.1, 0.15) is 5.56 Å². The molecule has 0 saturated heterocycles. The average molecular weight is 389 g/mol. The minimum atomic E-state index is -0.430. The number of benzene rings is 2. The van der Waals surface area contributed by atoms with E-state index in [9.17, 15) is 10.1 Å². The number of hydrogen-bond acceptors (Lipinski definition) is 6. The highest BCUT2D eigenvalue weighted by Gasteiger charge is 2.19. The van der Waals surface area contributed by atoms with Crippen molar-refractivity contribution in [2.75, 3.05) is 19.1 Å². The van der Waals surface area contributed by atoms with Crippen LogP contribution in [-0.4, -0.2) is 33.7 Å². The summed E-state index contributed by atoms with van der Waals surface area (Å²) >= 11 is 0. The maximum atomic E-state index is 11.1. The Labute approximate surface area is 167 Å². The number of aromatic nitrogens is 3. The molecule has 0 atom stereocenters. The van der Waals surface area contributed by atoms with Crippen LogP contribution in [0.4, 0.5) is 11.5 Å². The molecule has 0 saturated carbocycles. The topological polar surface area (TPSA) is 85.8 Å². The monoisotopic (exact) mass is 389 g/mol. The fraction of sp³-hybridized carbons (Fsp3) is 0.143. The van der Waals surface area contributed by atoms with E-state index < -0.39 is 4.92 Å². The van der Waals surface area contributed by atoms with E-state index in [1.807, 2.05) is 42.3 Å². The Morgan fingerprint density at radius 3 is 2.62 bits per heavy atom. The van der Waals surface area contributed by atoms with Crippen LogP contribution in [0.3, 0.4) is 0 Å². The van der Waals surface area contributed by atoms with Crippen molar-refractivity contribution in [2.45, 2.75) is 6.54 Å². The highest BCUT2D eigenvalue weighted by Crippen LogP contribution is 2.32. The Balaban J connectivity index is 1.74. The van der Waals surface area contributed by atoms with Crippen molar-refractivity contribution < 1.29 is 9.66 Å². The lowest BCUT2D eigenvalue weighted by Crippen LogP contribution is -2.18. The van der Waals surface area contributed by atoms with Crippen molar-refractivity contribution >= 4 is 17.2 Å². The van der Waals surface area contributed by atoms with Crippen LogP contribution in [0.5, 0.6) is 5.88 Å². The van der Waals surface area contributed by atoms with Crippen molar-refractivity contribution in [3.05, 3.63) is 82.4 Å². The van der Waals surface area contributed by atoms with Gasteiger partial charge in [-0.2, -0.15) is 4.52 Å². The Morgan fingerprint density at radius 1 is 1.10 bits per heavy atom. The molecule has 0 aliphatic rings. The molecule has 0 spiro atoms. The Bertz CT molecular complexity index is 1170. The molecule has 2 aromatic heterocycles. The lowest BCUT2D eigenvalue weighted by atomic mass is 10.1. The first-order chi connectivity index (χ1) is 14.1. The van der Waals surface area contributed by atoms with Crippen LogP contribution >= 0.6 is 0 Å². The fourth-order valence-corrected chi connectivity index (χ4v) is 3.18. The van der Waals surface area contributed by atoms with Gasteiger partial charge in [0.15, 0.2) is 5.65 Å². The quantitative estimate of drug-likeness (QED) is 0.367. The van der Waals surface area contributed by atoms with E-state index in [0.717, 1.165) is 5.82 Å². The van der Waals surface area contributed by atoms with E-state index in [1.165, 1.54) is 24.8 Å². The molecule has 0 radical (unpaired) electrons. The van der Waals surface area contributed by atoms with Crippen LogP contribution in [0.2, 0.25) is 0 Å². The summed E-state index contributed by atoms with van der Waals surface area (Å²) in [6.45, 7) is 0.702. The van der Waals surface area contributed by atoms with Gasteiger partial charge < -0.3 is 9.64 Å². The first-order valence-electron chi connectivity index (χ1n) is 9.00. The maximum Gasteiger partial charge on any atom is 0.270 e. The first-order valence-corrected chi connectivity index (χ1v) is 9.00. The number of fused-ring (bicyclic) bond motifs is 1. The summed E-state index contributed by atoms with van der Waals surface area (Å²) in [6, 6.07) is 20.2. The smallest absolute Gasteiger partial charge is 0.270 e. The predicted octanol–water partition coefficient (Wildman–Crippen LogP) is 3.95. The molecule has 0 unspecified atom stereocenters. The number of hydrogen-bond donors (Lipinski definition) is 0. The number of ether oxygens (including phenoxy) is 1. The van der Waals surface area contributed by atoms with Gasteiger partial charge in [-0.05, 0) is 17.7 Å². The molecule has 8 nitrogen and oxygen atoms in total. The average Bonchev–Trinajstić information content (AvgIpc) is 3.12. The number of anilines is 1. The summed E-state index contributed by atoms with van der Waals surface area (Å²) in [5, 5.41) is 15.8. The minimum Gasteiger partial charge on any atom is -0.479 e. The highest BCUT2D eigenvalue weighted by molar-refractivity contribution is 5.71. The molecule has 0 fully saturated rings. The van der Waals surface area contributed by atoms with Gasteiger partial charge in [-0.25, -0.2) is 4.98 Å². The number of imidazole rings is 1. The van der Waals surface area contributed by atoms with Gasteiger partial charge in [0.05, 0.1) is 12.0 Å². The number of nitrogens with zero attached hydrogens (tertiary/aromatic N) is 5. The lowest BCUT2D eigenvalue weighted by molar-refractivity contribution is -0.384. The van der Waals surface area contributed by atoms with E-state index in [-0.39, 0.29) is 5.69 Å². The van der Waals surface area contributed by atoms with Gasteiger partial charge in [0.25, 0.3) is 5.69 Å². The van der Waals surface area contributed by atoms with E-state index in [2.05, 4.69) is 22.2 Å². The molecule has 2 aromatic carbocycles. The summed E-state index contributed by atoms with van der Waals surface area (Å²) in [5.41, 5.74) is 2.87. The molecule has 2 heterocycles. The molecular weight excluding hydrogens is 370 g/mol. The lowest BCUT2D eigenvalue weighted by Gasteiger charge is -2.18. The minimum absolute atomic E-state index is 0.00199. The van der Waals surface area contributed by atoms with Gasteiger partial charge in [0, 0.05) is 31.3 Å². The zero-order chi connectivity index (χ0) is 20.4.